The molecule has 4 heteroatoms. The maximum Gasteiger partial charge on any atom is 0.309 e. The lowest BCUT2D eigenvalue weighted by Crippen LogP contribution is -2.53. The largest absolute Gasteiger partial charge is 0.481 e. The van der Waals surface area contributed by atoms with E-state index in [2.05, 4.69) is 18.7 Å². The Bertz CT molecular complexity index is 287. The fraction of sp³-hybridized carbons (Fsp3) is 0.929. The smallest absolute Gasteiger partial charge is 0.309 e. The second-order valence-corrected chi connectivity index (χ2v) is 6.50. The number of carboxylic acids is 1. The fourth-order valence-corrected chi connectivity index (χ4v) is 2.28. The number of morpholine rings is 1. The van der Waals surface area contributed by atoms with Crippen LogP contribution in [0.2, 0.25) is 0 Å². The van der Waals surface area contributed by atoms with Crippen LogP contribution < -0.4 is 0 Å². The zero-order valence-corrected chi connectivity index (χ0v) is 12.2. The van der Waals surface area contributed by atoms with E-state index in [1.54, 1.807) is 13.8 Å². The van der Waals surface area contributed by atoms with Crippen LogP contribution in [0.1, 0.15) is 47.0 Å². The second-order valence-electron chi connectivity index (χ2n) is 6.50. The summed E-state index contributed by atoms with van der Waals surface area (Å²) >= 11 is 0. The van der Waals surface area contributed by atoms with Gasteiger partial charge in [-0.05, 0) is 47.1 Å². The molecule has 0 bridgehead atoms. The molecule has 0 aliphatic carbocycles. The number of carbonyl (C=O) groups is 1. The molecule has 1 N–H and O–H groups in total. The maximum absolute atomic E-state index is 11.0. The lowest BCUT2D eigenvalue weighted by molar-refractivity contribution is -0.147. The van der Waals surface area contributed by atoms with Crippen LogP contribution in [0.15, 0.2) is 0 Å². The van der Waals surface area contributed by atoms with Crippen molar-refractivity contribution < 1.29 is 14.6 Å². The maximum atomic E-state index is 11.0. The molecule has 0 aromatic carbocycles. The Labute approximate surface area is 110 Å². The Morgan fingerprint density at radius 3 is 2.61 bits per heavy atom. The molecule has 18 heavy (non-hydrogen) atoms. The highest BCUT2D eigenvalue weighted by molar-refractivity contribution is 5.73. The highest BCUT2D eigenvalue weighted by Crippen LogP contribution is 2.24. The fourth-order valence-electron chi connectivity index (χ4n) is 2.28. The molecule has 0 unspecified atom stereocenters. The van der Waals surface area contributed by atoms with Crippen molar-refractivity contribution in [2.24, 2.45) is 5.41 Å². The average molecular weight is 257 g/mol. The van der Waals surface area contributed by atoms with Gasteiger partial charge in [-0.1, -0.05) is 6.42 Å². The van der Waals surface area contributed by atoms with Crippen LogP contribution in [0.5, 0.6) is 0 Å². The summed E-state index contributed by atoms with van der Waals surface area (Å²) in [5.74, 6) is -0.700. The van der Waals surface area contributed by atoms with Crippen molar-refractivity contribution in [2.75, 3.05) is 26.3 Å². The number of ether oxygens (including phenoxy) is 1. The third kappa shape index (κ3) is 4.25. The van der Waals surface area contributed by atoms with Crippen LogP contribution in [0.4, 0.5) is 0 Å². The van der Waals surface area contributed by atoms with Crippen molar-refractivity contribution in [1.82, 2.24) is 4.90 Å². The van der Waals surface area contributed by atoms with Crippen molar-refractivity contribution in [2.45, 2.75) is 52.5 Å². The molecule has 4 nitrogen and oxygen atoms in total. The van der Waals surface area contributed by atoms with Gasteiger partial charge in [-0.2, -0.15) is 0 Å². The molecule has 1 aliphatic heterocycles. The number of carboxylic acid groups (broad SMARTS) is 1. The summed E-state index contributed by atoms with van der Waals surface area (Å²) in [5.41, 5.74) is -0.485. The zero-order valence-electron chi connectivity index (χ0n) is 12.2. The summed E-state index contributed by atoms with van der Waals surface area (Å²) in [7, 11) is 0. The van der Waals surface area contributed by atoms with Gasteiger partial charge in [-0.25, -0.2) is 0 Å². The van der Waals surface area contributed by atoms with Gasteiger partial charge in [0, 0.05) is 12.1 Å². The number of hydrogen-bond donors (Lipinski definition) is 1. The molecule has 0 spiro atoms. The first-order valence-electron chi connectivity index (χ1n) is 6.82. The summed E-state index contributed by atoms with van der Waals surface area (Å²) in [6.07, 6.45) is 2.76. The first kappa shape index (κ1) is 15.4. The van der Waals surface area contributed by atoms with Crippen LogP contribution in [0, 0.1) is 5.41 Å². The Hall–Kier alpha value is -0.610. The molecular formula is C14H27NO3. The summed E-state index contributed by atoms with van der Waals surface area (Å²) in [5, 5.41) is 9.05. The predicted octanol–water partition coefficient (Wildman–Crippen LogP) is 2.38. The van der Waals surface area contributed by atoms with E-state index in [0.29, 0.717) is 0 Å². The van der Waals surface area contributed by atoms with Gasteiger partial charge in [0.05, 0.1) is 18.6 Å². The van der Waals surface area contributed by atoms with E-state index in [9.17, 15) is 4.79 Å². The lowest BCUT2D eigenvalue weighted by atomic mass is 9.87. The lowest BCUT2D eigenvalue weighted by Gasteiger charge is -2.42. The van der Waals surface area contributed by atoms with Gasteiger partial charge in [0.15, 0.2) is 0 Å². The molecular weight excluding hydrogens is 230 g/mol. The topological polar surface area (TPSA) is 49.8 Å². The molecule has 1 heterocycles. The molecule has 0 radical (unpaired) electrons. The van der Waals surface area contributed by atoms with Crippen molar-refractivity contribution >= 4 is 5.97 Å². The van der Waals surface area contributed by atoms with Crippen molar-refractivity contribution in [3.05, 3.63) is 0 Å². The first-order chi connectivity index (χ1) is 8.26. The van der Waals surface area contributed by atoms with Gasteiger partial charge < -0.3 is 9.84 Å². The van der Waals surface area contributed by atoms with E-state index in [1.165, 1.54) is 0 Å². The van der Waals surface area contributed by atoms with E-state index in [0.717, 1.165) is 45.6 Å². The highest BCUT2D eigenvalue weighted by atomic mass is 16.5. The van der Waals surface area contributed by atoms with Gasteiger partial charge in [0.1, 0.15) is 0 Å². The minimum atomic E-state index is -0.700. The molecule has 1 saturated heterocycles. The van der Waals surface area contributed by atoms with E-state index < -0.39 is 11.4 Å². The van der Waals surface area contributed by atoms with Crippen molar-refractivity contribution in [1.29, 1.82) is 0 Å². The molecule has 1 fully saturated rings. The Kier molecular flexibility index (Phi) is 5.17. The van der Waals surface area contributed by atoms with Crippen molar-refractivity contribution in [3.63, 3.8) is 0 Å². The van der Waals surface area contributed by atoms with E-state index in [4.69, 9.17) is 9.84 Å². The summed E-state index contributed by atoms with van der Waals surface area (Å²) in [6, 6.07) is 0. The summed E-state index contributed by atoms with van der Waals surface area (Å²) in [6.45, 7) is 11.6. The molecule has 0 atom stereocenters. The Morgan fingerprint density at radius 1 is 1.39 bits per heavy atom. The number of hydrogen-bond acceptors (Lipinski definition) is 3. The molecule has 1 rings (SSSR count). The normalized spacial score (nSPS) is 20.9. The van der Waals surface area contributed by atoms with Gasteiger partial charge >= 0.3 is 5.97 Å². The van der Waals surface area contributed by atoms with Crippen LogP contribution in [0.3, 0.4) is 0 Å². The summed E-state index contributed by atoms with van der Waals surface area (Å²) in [4.78, 5) is 13.4. The minimum Gasteiger partial charge on any atom is -0.481 e. The molecule has 0 amide bonds. The van der Waals surface area contributed by atoms with Gasteiger partial charge in [0.2, 0.25) is 0 Å². The standard InChI is InChI=1S/C14H27NO3/c1-13(2,12(16)17)7-5-6-8-15-9-10-18-11-14(15,3)4/h5-11H2,1-4H3,(H,16,17). The van der Waals surface area contributed by atoms with Crippen molar-refractivity contribution in [3.8, 4) is 0 Å². The number of unbranched alkanes of at least 4 members (excludes halogenated alkanes) is 1. The third-order valence-corrected chi connectivity index (χ3v) is 3.88. The number of rotatable bonds is 6. The molecule has 0 aromatic rings. The van der Waals surface area contributed by atoms with Crippen LogP contribution >= 0.6 is 0 Å². The quantitative estimate of drug-likeness (QED) is 0.742. The number of aliphatic carboxylic acids is 1. The third-order valence-electron chi connectivity index (χ3n) is 3.88. The predicted molar refractivity (Wildman–Crippen MR) is 71.7 cm³/mol. The summed E-state index contributed by atoms with van der Waals surface area (Å²) < 4.78 is 5.49. The monoisotopic (exact) mass is 257 g/mol. The molecule has 0 saturated carbocycles. The minimum absolute atomic E-state index is 0.112. The Morgan fingerprint density at radius 2 is 2.06 bits per heavy atom. The Balaban J connectivity index is 2.27. The van der Waals surface area contributed by atoms with Crippen LogP contribution in [-0.4, -0.2) is 47.8 Å². The zero-order chi connectivity index (χ0) is 13.8. The van der Waals surface area contributed by atoms with Crippen LogP contribution in [0.25, 0.3) is 0 Å². The van der Waals surface area contributed by atoms with E-state index >= 15 is 0 Å². The van der Waals surface area contributed by atoms with Gasteiger partial charge in [-0.15, -0.1) is 0 Å². The van der Waals surface area contributed by atoms with E-state index in [-0.39, 0.29) is 5.54 Å². The average Bonchev–Trinajstić information content (AvgIpc) is 2.25. The highest BCUT2D eigenvalue weighted by Gasteiger charge is 2.30. The van der Waals surface area contributed by atoms with Gasteiger partial charge in [-0.3, -0.25) is 9.69 Å². The number of nitrogens with zero attached hydrogens (tertiary/aromatic N) is 1. The van der Waals surface area contributed by atoms with Gasteiger partial charge in [0.25, 0.3) is 0 Å². The molecule has 0 aromatic heterocycles. The molecule has 106 valence electrons. The van der Waals surface area contributed by atoms with E-state index in [1.807, 2.05) is 0 Å². The molecule has 1 aliphatic rings. The SMILES string of the molecule is CC(C)(CCCCN1CCOCC1(C)C)C(=O)O. The first-order valence-corrected chi connectivity index (χ1v) is 6.82. The second kappa shape index (κ2) is 6.02. The van der Waals surface area contributed by atoms with Crippen LogP contribution in [-0.2, 0) is 9.53 Å².